The van der Waals surface area contributed by atoms with Crippen LogP contribution in [-0.4, -0.2) is 29.1 Å². The Morgan fingerprint density at radius 2 is 1.96 bits per heavy atom. The number of halogens is 1. The first-order valence-corrected chi connectivity index (χ1v) is 7.96. The smallest absolute Gasteiger partial charge is 0.335 e. The van der Waals surface area contributed by atoms with Crippen molar-refractivity contribution in [2.45, 2.75) is 0 Å². The molecule has 0 fully saturated rings. The van der Waals surface area contributed by atoms with Gasteiger partial charge in [0.2, 0.25) is 0 Å². The van der Waals surface area contributed by atoms with Gasteiger partial charge in [-0.3, -0.25) is 10.1 Å². The van der Waals surface area contributed by atoms with E-state index in [1.54, 1.807) is 18.2 Å². The van der Waals surface area contributed by atoms with Crippen LogP contribution in [-0.2, 0) is 0 Å². The van der Waals surface area contributed by atoms with Crippen molar-refractivity contribution < 1.29 is 19.4 Å². The first-order chi connectivity index (χ1) is 11.5. The Morgan fingerprint density at radius 1 is 1.21 bits per heavy atom. The largest absolute Gasteiger partial charge is 0.495 e. The van der Waals surface area contributed by atoms with E-state index in [-0.39, 0.29) is 11.5 Å². The topological polar surface area (TPSA) is 88.5 Å². The molecule has 8 heteroatoms. The van der Waals surface area contributed by atoms with Gasteiger partial charge in [-0.15, -0.1) is 0 Å². The Kier molecular flexibility index (Phi) is 4.37. The summed E-state index contributed by atoms with van der Waals surface area (Å²) < 4.78 is 5.73. The number of anilines is 1. The maximum Gasteiger partial charge on any atom is 0.335 e. The van der Waals surface area contributed by atoms with Crippen molar-refractivity contribution in [1.82, 2.24) is 4.98 Å². The van der Waals surface area contributed by atoms with Crippen LogP contribution in [0.2, 0.25) is 5.02 Å². The van der Waals surface area contributed by atoms with E-state index in [9.17, 15) is 9.59 Å². The zero-order valence-electron chi connectivity index (χ0n) is 12.4. The third-order valence-corrected chi connectivity index (χ3v) is 4.50. The fourth-order valence-electron chi connectivity index (χ4n) is 2.09. The van der Waals surface area contributed by atoms with Gasteiger partial charge in [-0.05, 0) is 36.4 Å². The van der Waals surface area contributed by atoms with E-state index in [0.29, 0.717) is 31.7 Å². The number of aromatic carboxylic acids is 1. The van der Waals surface area contributed by atoms with Crippen LogP contribution in [0.5, 0.6) is 5.75 Å². The van der Waals surface area contributed by atoms with Crippen LogP contribution in [0.4, 0.5) is 5.13 Å². The van der Waals surface area contributed by atoms with Crippen molar-refractivity contribution in [2.24, 2.45) is 0 Å². The van der Waals surface area contributed by atoms with Crippen molar-refractivity contribution in [2.75, 3.05) is 12.4 Å². The Labute approximate surface area is 145 Å². The predicted molar refractivity (Wildman–Crippen MR) is 92.5 cm³/mol. The molecular formula is C16H11ClN2O4S. The number of thiazole rings is 1. The number of carbonyl (C=O) groups is 2. The number of rotatable bonds is 4. The van der Waals surface area contributed by atoms with Crippen molar-refractivity contribution in [3.05, 3.63) is 52.5 Å². The number of methoxy groups -OCH3 is 1. The summed E-state index contributed by atoms with van der Waals surface area (Å²) in [4.78, 5) is 27.5. The quantitative estimate of drug-likeness (QED) is 0.734. The van der Waals surface area contributed by atoms with Gasteiger partial charge in [-0.25, -0.2) is 9.78 Å². The maximum atomic E-state index is 12.3. The summed E-state index contributed by atoms with van der Waals surface area (Å²) in [6, 6.07) is 9.31. The number of benzene rings is 2. The number of carboxylic acid groups (broad SMARTS) is 1. The first kappa shape index (κ1) is 16.2. The lowest BCUT2D eigenvalue weighted by molar-refractivity contribution is 0.0697. The third-order valence-electron chi connectivity index (χ3n) is 3.27. The van der Waals surface area contributed by atoms with E-state index in [4.69, 9.17) is 21.4 Å². The number of ether oxygens (including phenoxy) is 1. The van der Waals surface area contributed by atoms with Gasteiger partial charge in [-0.1, -0.05) is 22.9 Å². The number of nitrogens with one attached hydrogen (secondary N) is 1. The minimum absolute atomic E-state index is 0.172. The molecule has 0 aliphatic carbocycles. The van der Waals surface area contributed by atoms with Gasteiger partial charge in [0.15, 0.2) is 5.13 Å². The second-order valence-corrected chi connectivity index (χ2v) is 6.25. The monoisotopic (exact) mass is 362 g/mol. The molecule has 122 valence electrons. The molecule has 1 amide bonds. The zero-order chi connectivity index (χ0) is 17.3. The number of hydrogen-bond donors (Lipinski definition) is 2. The standard InChI is InChI=1S/C16H11ClN2O4S/c1-23-12-5-3-8(6-10(12)17)14(20)19-16-18-11-4-2-9(15(21)22)7-13(11)24-16/h2-7H,1H3,(H,21,22)(H,18,19,20). The van der Waals surface area contributed by atoms with Gasteiger partial charge in [0, 0.05) is 5.56 Å². The van der Waals surface area contributed by atoms with E-state index in [1.807, 2.05) is 0 Å². The van der Waals surface area contributed by atoms with Crippen molar-refractivity contribution >= 4 is 50.2 Å². The highest BCUT2D eigenvalue weighted by molar-refractivity contribution is 7.22. The molecule has 0 aliphatic rings. The average molecular weight is 363 g/mol. The Morgan fingerprint density at radius 3 is 2.62 bits per heavy atom. The maximum absolute atomic E-state index is 12.3. The van der Waals surface area contributed by atoms with Gasteiger partial charge < -0.3 is 9.84 Å². The summed E-state index contributed by atoms with van der Waals surface area (Å²) in [7, 11) is 1.49. The Hall–Kier alpha value is -2.64. The molecule has 3 rings (SSSR count). The fourth-order valence-corrected chi connectivity index (χ4v) is 3.25. The molecule has 0 saturated heterocycles. The highest BCUT2D eigenvalue weighted by atomic mass is 35.5. The molecule has 0 radical (unpaired) electrons. The van der Waals surface area contributed by atoms with Crippen LogP contribution in [0.3, 0.4) is 0 Å². The van der Waals surface area contributed by atoms with Crippen LogP contribution in [0.1, 0.15) is 20.7 Å². The van der Waals surface area contributed by atoms with Gasteiger partial charge in [0.05, 0.1) is 27.9 Å². The molecule has 2 N–H and O–H groups in total. The predicted octanol–water partition coefficient (Wildman–Crippen LogP) is 3.91. The molecule has 2 aromatic carbocycles. The molecule has 3 aromatic rings. The number of carbonyl (C=O) groups excluding carboxylic acids is 1. The van der Waals surface area contributed by atoms with Crippen LogP contribution >= 0.6 is 22.9 Å². The Balaban J connectivity index is 1.85. The second kappa shape index (κ2) is 6.46. The van der Waals surface area contributed by atoms with Crippen LogP contribution in [0.15, 0.2) is 36.4 Å². The van der Waals surface area contributed by atoms with Gasteiger partial charge in [0.25, 0.3) is 5.91 Å². The van der Waals surface area contributed by atoms with Crippen molar-refractivity contribution in [1.29, 1.82) is 0 Å². The molecule has 0 unspecified atom stereocenters. The highest BCUT2D eigenvalue weighted by Gasteiger charge is 2.13. The van der Waals surface area contributed by atoms with Crippen molar-refractivity contribution in [3.63, 3.8) is 0 Å². The number of carboxylic acids is 1. The third kappa shape index (κ3) is 3.17. The zero-order valence-corrected chi connectivity index (χ0v) is 13.9. The second-order valence-electron chi connectivity index (χ2n) is 4.81. The minimum Gasteiger partial charge on any atom is -0.495 e. The van der Waals surface area contributed by atoms with Crippen LogP contribution in [0, 0.1) is 0 Å². The minimum atomic E-state index is -1.01. The molecule has 0 aliphatic heterocycles. The number of nitrogens with zero attached hydrogens (tertiary/aromatic N) is 1. The van der Waals surface area contributed by atoms with Gasteiger partial charge >= 0.3 is 5.97 Å². The molecule has 0 atom stereocenters. The average Bonchev–Trinajstić information content (AvgIpc) is 2.95. The molecule has 0 bridgehead atoms. The molecule has 1 aromatic heterocycles. The van der Waals surface area contributed by atoms with Crippen molar-refractivity contribution in [3.8, 4) is 5.75 Å². The van der Waals surface area contributed by atoms with E-state index in [1.165, 1.54) is 36.6 Å². The number of aromatic nitrogens is 1. The molecule has 0 spiro atoms. The lowest BCUT2D eigenvalue weighted by Gasteiger charge is -2.05. The highest BCUT2D eigenvalue weighted by Crippen LogP contribution is 2.28. The van der Waals surface area contributed by atoms with E-state index in [0.717, 1.165) is 0 Å². The van der Waals surface area contributed by atoms with Gasteiger partial charge in [0.1, 0.15) is 5.75 Å². The molecule has 1 heterocycles. The summed E-state index contributed by atoms with van der Waals surface area (Å²) >= 11 is 7.21. The summed E-state index contributed by atoms with van der Waals surface area (Å²) in [6.07, 6.45) is 0. The first-order valence-electron chi connectivity index (χ1n) is 6.76. The van der Waals surface area contributed by atoms with Gasteiger partial charge in [-0.2, -0.15) is 0 Å². The van der Waals surface area contributed by atoms with E-state index in [2.05, 4.69) is 10.3 Å². The lowest BCUT2D eigenvalue weighted by atomic mass is 10.2. The lowest BCUT2D eigenvalue weighted by Crippen LogP contribution is -2.11. The molecule has 6 nitrogen and oxygen atoms in total. The summed E-state index contributed by atoms with van der Waals surface area (Å²) in [5.74, 6) is -0.893. The van der Waals surface area contributed by atoms with E-state index < -0.39 is 5.97 Å². The SMILES string of the molecule is COc1ccc(C(=O)Nc2nc3ccc(C(=O)O)cc3s2)cc1Cl. The normalized spacial score (nSPS) is 10.6. The number of hydrogen-bond acceptors (Lipinski definition) is 5. The van der Waals surface area contributed by atoms with Crippen LogP contribution in [0.25, 0.3) is 10.2 Å². The summed E-state index contributed by atoms with van der Waals surface area (Å²) in [5.41, 5.74) is 1.16. The molecule has 0 saturated carbocycles. The molecular weight excluding hydrogens is 352 g/mol. The summed E-state index contributed by atoms with van der Waals surface area (Å²) in [5, 5.41) is 12.4. The number of amides is 1. The molecule has 24 heavy (non-hydrogen) atoms. The van der Waals surface area contributed by atoms with Crippen LogP contribution < -0.4 is 10.1 Å². The Bertz CT molecular complexity index is 954. The number of fused-ring (bicyclic) bond motifs is 1. The fraction of sp³-hybridized carbons (Fsp3) is 0.0625. The van der Waals surface area contributed by atoms with E-state index >= 15 is 0 Å². The summed E-state index contributed by atoms with van der Waals surface area (Å²) in [6.45, 7) is 0.